The molecule has 1 aromatic heterocycles. The third-order valence-electron chi connectivity index (χ3n) is 2.22. The number of esters is 1. The molecule has 96 valence electrons. The molecule has 2 rings (SSSR count). The van der Waals surface area contributed by atoms with Crippen molar-refractivity contribution in [1.29, 1.82) is 0 Å². The molecule has 0 amide bonds. The van der Waals surface area contributed by atoms with Crippen LogP contribution >= 0.6 is 0 Å². The molecule has 19 heavy (non-hydrogen) atoms. The number of carboxylic acids is 1. The minimum absolute atomic E-state index is 0.0623. The standard InChI is InChI=1S/C13H8FNO4/c14-9-2-1-3-10(6-9)19-13(18)8-4-5-11(12(16)17)15-7-8/h1-7H,(H,16,17). The lowest BCUT2D eigenvalue weighted by atomic mass is 10.2. The van der Waals surface area contributed by atoms with Crippen LogP contribution in [0.15, 0.2) is 42.6 Å². The van der Waals surface area contributed by atoms with Crippen molar-refractivity contribution in [3.05, 3.63) is 59.7 Å². The van der Waals surface area contributed by atoms with E-state index in [-0.39, 0.29) is 17.0 Å². The summed E-state index contributed by atoms with van der Waals surface area (Å²) in [5.74, 6) is -2.39. The lowest BCUT2D eigenvalue weighted by molar-refractivity contribution is 0.0685. The van der Waals surface area contributed by atoms with E-state index in [9.17, 15) is 14.0 Å². The van der Waals surface area contributed by atoms with E-state index in [1.54, 1.807) is 0 Å². The number of carbonyl (C=O) groups is 2. The second-order valence-corrected chi connectivity index (χ2v) is 3.58. The van der Waals surface area contributed by atoms with Crippen LogP contribution < -0.4 is 4.74 Å². The van der Waals surface area contributed by atoms with Gasteiger partial charge in [-0.05, 0) is 24.3 Å². The quantitative estimate of drug-likeness (QED) is 0.676. The molecular weight excluding hydrogens is 253 g/mol. The number of hydrogen-bond donors (Lipinski definition) is 1. The number of aromatic carboxylic acids is 1. The summed E-state index contributed by atoms with van der Waals surface area (Å²) < 4.78 is 17.8. The van der Waals surface area contributed by atoms with Crippen molar-refractivity contribution < 1.29 is 23.8 Å². The molecule has 0 aliphatic heterocycles. The van der Waals surface area contributed by atoms with Gasteiger partial charge >= 0.3 is 11.9 Å². The SMILES string of the molecule is O=C(Oc1cccc(F)c1)c1ccc(C(=O)O)nc1. The van der Waals surface area contributed by atoms with Gasteiger partial charge in [-0.3, -0.25) is 0 Å². The molecule has 6 heteroatoms. The number of nitrogens with zero attached hydrogens (tertiary/aromatic N) is 1. The van der Waals surface area contributed by atoms with E-state index in [4.69, 9.17) is 9.84 Å². The number of aromatic nitrogens is 1. The van der Waals surface area contributed by atoms with Crippen LogP contribution in [0.5, 0.6) is 5.75 Å². The molecule has 0 bridgehead atoms. The Hall–Kier alpha value is -2.76. The van der Waals surface area contributed by atoms with Crippen LogP contribution in [0.25, 0.3) is 0 Å². The van der Waals surface area contributed by atoms with Crippen molar-refractivity contribution in [2.24, 2.45) is 0 Å². The Labute approximate surface area is 107 Å². The molecule has 0 aliphatic carbocycles. The molecule has 5 nitrogen and oxygen atoms in total. The zero-order valence-corrected chi connectivity index (χ0v) is 9.54. The molecule has 0 saturated carbocycles. The minimum Gasteiger partial charge on any atom is -0.477 e. The van der Waals surface area contributed by atoms with Crippen LogP contribution in [0.1, 0.15) is 20.8 Å². The van der Waals surface area contributed by atoms with Crippen molar-refractivity contribution in [1.82, 2.24) is 4.98 Å². The largest absolute Gasteiger partial charge is 0.477 e. The molecule has 1 heterocycles. The average Bonchev–Trinajstić information content (AvgIpc) is 2.39. The summed E-state index contributed by atoms with van der Waals surface area (Å²) in [6.45, 7) is 0. The summed E-state index contributed by atoms with van der Waals surface area (Å²) in [6, 6.07) is 7.59. The first-order chi connectivity index (χ1) is 9.06. The molecule has 0 unspecified atom stereocenters. The number of carbonyl (C=O) groups excluding carboxylic acids is 1. The number of rotatable bonds is 3. The van der Waals surface area contributed by atoms with Crippen LogP contribution in [0.2, 0.25) is 0 Å². The highest BCUT2D eigenvalue weighted by Gasteiger charge is 2.11. The van der Waals surface area contributed by atoms with E-state index < -0.39 is 17.8 Å². The first kappa shape index (κ1) is 12.7. The third kappa shape index (κ3) is 3.12. The zero-order chi connectivity index (χ0) is 13.8. The van der Waals surface area contributed by atoms with Crippen LogP contribution in [0.3, 0.4) is 0 Å². The van der Waals surface area contributed by atoms with Gasteiger partial charge in [0.05, 0.1) is 5.56 Å². The van der Waals surface area contributed by atoms with E-state index in [0.717, 1.165) is 12.3 Å². The molecular formula is C13H8FNO4. The summed E-state index contributed by atoms with van der Waals surface area (Å²) in [5, 5.41) is 8.66. The van der Waals surface area contributed by atoms with Gasteiger partial charge in [-0.25, -0.2) is 19.0 Å². The molecule has 1 aromatic carbocycles. The lowest BCUT2D eigenvalue weighted by Crippen LogP contribution is -2.10. The zero-order valence-electron chi connectivity index (χ0n) is 9.54. The first-order valence-corrected chi connectivity index (χ1v) is 5.23. The van der Waals surface area contributed by atoms with Crippen molar-refractivity contribution in [2.45, 2.75) is 0 Å². The van der Waals surface area contributed by atoms with E-state index in [1.165, 1.54) is 30.3 Å². The van der Waals surface area contributed by atoms with Gasteiger partial charge in [-0.15, -0.1) is 0 Å². The normalized spacial score (nSPS) is 9.95. The Balaban J connectivity index is 2.14. The second-order valence-electron chi connectivity index (χ2n) is 3.58. The highest BCUT2D eigenvalue weighted by molar-refractivity contribution is 5.92. The maximum absolute atomic E-state index is 12.9. The molecule has 2 aromatic rings. The van der Waals surface area contributed by atoms with Crippen molar-refractivity contribution in [3.8, 4) is 5.75 Å². The number of benzene rings is 1. The van der Waals surface area contributed by atoms with Gasteiger partial charge in [0.1, 0.15) is 17.3 Å². The third-order valence-corrected chi connectivity index (χ3v) is 2.22. The molecule has 0 spiro atoms. The Morgan fingerprint density at radius 3 is 2.58 bits per heavy atom. The van der Waals surface area contributed by atoms with E-state index in [0.29, 0.717) is 0 Å². The fourth-order valence-electron chi connectivity index (χ4n) is 1.34. The number of carboxylic acid groups (broad SMARTS) is 1. The topological polar surface area (TPSA) is 76.5 Å². The number of pyridine rings is 1. The van der Waals surface area contributed by atoms with Crippen molar-refractivity contribution >= 4 is 11.9 Å². The fourth-order valence-corrected chi connectivity index (χ4v) is 1.34. The summed E-state index contributed by atoms with van der Waals surface area (Å²) in [6.07, 6.45) is 1.09. The maximum atomic E-state index is 12.9. The summed E-state index contributed by atoms with van der Waals surface area (Å²) in [4.78, 5) is 25.8. The average molecular weight is 261 g/mol. The van der Waals surface area contributed by atoms with Crippen LogP contribution in [0, 0.1) is 5.82 Å². The van der Waals surface area contributed by atoms with Crippen molar-refractivity contribution in [3.63, 3.8) is 0 Å². The maximum Gasteiger partial charge on any atom is 0.354 e. The van der Waals surface area contributed by atoms with Gasteiger partial charge in [-0.2, -0.15) is 0 Å². The monoisotopic (exact) mass is 261 g/mol. The van der Waals surface area contributed by atoms with Crippen LogP contribution in [-0.2, 0) is 0 Å². The number of hydrogen-bond acceptors (Lipinski definition) is 4. The number of ether oxygens (including phenoxy) is 1. The molecule has 0 atom stereocenters. The Kier molecular flexibility index (Phi) is 3.51. The number of halogens is 1. The highest BCUT2D eigenvalue weighted by Crippen LogP contribution is 2.14. The van der Waals surface area contributed by atoms with E-state index in [2.05, 4.69) is 4.98 Å². The van der Waals surface area contributed by atoms with Gasteiger partial charge in [0.25, 0.3) is 0 Å². The fraction of sp³-hybridized carbons (Fsp3) is 0. The molecule has 0 aliphatic rings. The second kappa shape index (κ2) is 5.26. The lowest BCUT2D eigenvalue weighted by Gasteiger charge is -2.04. The van der Waals surface area contributed by atoms with Gasteiger partial charge in [-0.1, -0.05) is 6.07 Å². The molecule has 0 saturated heterocycles. The van der Waals surface area contributed by atoms with E-state index >= 15 is 0 Å². The summed E-state index contributed by atoms with van der Waals surface area (Å²) >= 11 is 0. The van der Waals surface area contributed by atoms with Crippen LogP contribution in [-0.4, -0.2) is 22.0 Å². The first-order valence-electron chi connectivity index (χ1n) is 5.23. The molecule has 1 N–H and O–H groups in total. The van der Waals surface area contributed by atoms with Gasteiger partial charge in [0.2, 0.25) is 0 Å². The Morgan fingerprint density at radius 2 is 2.00 bits per heavy atom. The van der Waals surface area contributed by atoms with Crippen LogP contribution in [0.4, 0.5) is 4.39 Å². The van der Waals surface area contributed by atoms with Crippen molar-refractivity contribution in [2.75, 3.05) is 0 Å². The highest BCUT2D eigenvalue weighted by atomic mass is 19.1. The predicted octanol–water partition coefficient (Wildman–Crippen LogP) is 2.14. The molecule has 0 radical (unpaired) electrons. The van der Waals surface area contributed by atoms with E-state index in [1.807, 2.05) is 0 Å². The Bertz CT molecular complexity index is 625. The smallest absolute Gasteiger partial charge is 0.354 e. The van der Waals surface area contributed by atoms with Gasteiger partial charge in [0.15, 0.2) is 0 Å². The predicted molar refractivity (Wildman–Crippen MR) is 62.6 cm³/mol. The molecule has 0 fully saturated rings. The van der Waals surface area contributed by atoms with Gasteiger partial charge < -0.3 is 9.84 Å². The summed E-state index contributed by atoms with van der Waals surface area (Å²) in [5.41, 5.74) is -0.100. The Morgan fingerprint density at radius 1 is 1.21 bits per heavy atom. The van der Waals surface area contributed by atoms with Gasteiger partial charge in [0, 0.05) is 12.3 Å². The summed E-state index contributed by atoms with van der Waals surface area (Å²) in [7, 11) is 0. The minimum atomic E-state index is -1.19.